The molecule has 8 heteroatoms. The number of sulfonamides is 1. The molecule has 1 atom stereocenters. The van der Waals surface area contributed by atoms with Crippen molar-refractivity contribution in [1.29, 1.82) is 0 Å². The Balaban J connectivity index is 0.00000324. The zero-order chi connectivity index (χ0) is 13.8. The molecule has 1 heterocycles. The highest BCUT2D eigenvalue weighted by molar-refractivity contribution is 7.89. The summed E-state index contributed by atoms with van der Waals surface area (Å²) < 4.78 is 28.5. The lowest BCUT2D eigenvalue weighted by Gasteiger charge is -2.15. The van der Waals surface area contributed by atoms with Crippen LogP contribution in [0.15, 0.2) is 11.2 Å². The summed E-state index contributed by atoms with van der Waals surface area (Å²) in [5.74, 6) is 0.660. The minimum atomic E-state index is -3.57. The quantitative estimate of drug-likeness (QED) is 0.784. The molecule has 1 aromatic rings. The van der Waals surface area contributed by atoms with Gasteiger partial charge < -0.3 is 10.3 Å². The summed E-state index contributed by atoms with van der Waals surface area (Å²) in [6.07, 6.45) is 4.22. The number of aryl methyl sites for hydroxylation is 2. The third-order valence-corrected chi connectivity index (χ3v) is 4.27. The minimum absolute atomic E-state index is 0. The molecule has 1 rings (SSSR count). The zero-order valence-electron chi connectivity index (χ0n) is 11.6. The third-order valence-electron chi connectivity index (χ3n) is 2.87. The Hall–Kier alpha value is -0.630. The molecule has 1 unspecified atom stereocenters. The van der Waals surface area contributed by atoms with E-state index < -0.39 is 10.0 Å². The fourth-order valence-corrected chi connectivity index (χ4v) is 2.93. The van der Waals surface area contributed by atoms with Crippen molar-refractivity contribution >= 4 is 22.4 Å². The van der Waals surface area contributed by atoms with Gasteiger partial charge in [0.1, 0.15) is 5.82 Å². The first-order valence-corrected chi connectivity index (χ1v) is 7.61. The Morgan fingerprint density at radius 1 is 1.53 bits per heavy atom. The number of nitrogens with one attached hydrogen (secondary N) is 1. The zero-order valence-corrected chi connectivity index (χ0v) is 13.2. The Labute approximate surface area is 121 Å². The molecule has 0 bridgehead atoms. The molecule has 0 spiro atoms. The van der Waals surface area contributed by atoms with E-state index in [0.29, 0.717) is 12.4 Å². The van der Waals surface area contributed by atoms with Gasteiger partial charge in [-0.1, -0.05) is 19.8 Å². The molecular weight excluding hydrogens is 288 g/mol. The van der Waals surface area contributed by atoms with Crippen molar-refractivity contribution in [3.63, 3.8) is 0 Å². The van der Waals surface area contributed by atoms with E-state index in [9.17, 15) is 8.42 Å². The number of nitrogens with two attached hydrogens (primary N) is 1. The van der Waals surface area contributed by atoms with Gasteiger partial charge in [-0.2, -0.15) is 0 Å². The average molecular weight is 311 g/mol. The maximum absolute atomic E-state index is 12.1. The van der Waals surface area contributed by atoms with Gasteiger partial charge in [-0.3, -0.25) is 0 Å². The Kier molecular flexibility index (Phi) is 7.58. The molecule has 0 aliphatic rings. The van der Waals surface area contributed by atoms with Crippen molar-refractivity contribution < 1.29 is 8.42 Å². The summed E-state index contributed by atoms with van der Waals surface area (Å²) >= 11 is 0. The van der Waals surface area contributed by atoms with Crippen LogP contribution in [0.3, 0.4) is 0 Å². The van der Waals surface area contributed by atoms with Gasteiger partial charge in [0.25, 0.3) is 10.0 Å². The summed E-state index contributed by atoms with van der Waals surface area (Å²) in [6.45, 7) is 4.12. The van der Waals surface area contributed by atoms with Gasteiger partial charge in [-0.05, 0) is 13.3 Å². The van der Waals surface area contributed by atoms with Crippen LogP contribution in [-0.4, -0.2) is 30.6 Å². The fourth-order valence-electron chi connectivity index (χ4n) is 1.61. The highest BCUT2D eigenvalue weighted by Crippen LogP contribution is 2.10. The van der Waals surface area contributed by atoms with Crippen molar-refractivity contribution in [2.75, 3.05) is 6.54 Å². The predicted octanol–water partition coefficient (Wildman–Crippen LogP) is 0.946. The predicted molar refractivity (Wildman–Crippen MR) is 77.9 cm³/mol. The van der Waals surface area contributed by atoms with Crippen LogP contribution in [0.2, 0.25) is 0 Å². The maximum Gasteiger partial charge on any atom is 0.259 e. The van der Waals surface area contributed by atoms with Gasteiger partial charge in [0.15, 0.2) is 5.03 Å². The van der Waals surface area contributed by atoms with Crippen LogP contribution in [0.5, 0.6) is 0 Å². The first-order chi connectivity index (χ1) is 8.40. The largest absolute Gasteiger partial charge is 0.337 e. The number of imidazole rings is 1. The Morgan fingerprint density at radius 2 is 2.16 bits per heavy atom. The van der Waals surface area contributed by atoms with E-state index in [2.05, 4.69) is 16.6 Å². The molecule has 0 aliphatic heterocycles. The fraction of sp³-hybridized carbons (Fsp3) is 0.727. The first kappa shape index (κ1) is 18.4. The summed E-state index contributed by atoms with van der Waals surface area (Å²) in [4.78, 5) is 4.02. The highest BCUT2D eigenvalue weighted by Gasteiger charge is 2.21. The second-order valence-electron chi connectivity index (χ2n) is 4.43. The molecule has 112 valence electrons. The van der Waals surface area contributed by atoms with Crippen LogP contribution in [0.4, 0.5) is 0 Å². The van der Waals surface area contributed by atoms with E-state index >= 15 is 0 Å². The van der Waals surface area contributed by atoms with E-state index in [-0.39, 0.29) is 23.5 Å². The topological polar surface area (TPSA) is 90.0 Å². The summed E-state index contributed by atoms with van der Waals surface area (Å²) in [6, 6.07) is -0.225. The lowest BCUT2D eigenvalue weighted by molar-refractivity contribution is 0.514. The smallest absolute Gasteiger partial charge is 0.259 e. The van der Waals surface area contributed by atoms with Crippen LogP contribution in [-0.2, 0) is 17.1 Å². The number of hydrogen-bond acceptors (Lipinski definition) is 4. The second-order valence-corrected chi connectivity index (χ2v) is 6.09. The standard InChI is InChI=1S/C11H22N4O2S.ClH/c1-4-5-6-10(7-12)14-18(16,17)11-8-15(3)9(2)13-11;/h8,10,14H,4-7,12H2,1-3H3;1H. The molecule has 1 aromatic heterocycles. The van der Waals surface area contributed by atoms with Crippen molar-refractivity contribution in [3.05, 3.63) is 12.0 Å². The molecular formula is C11H23ClN4O2S. The molecule has 0 amide bonds. The van der Waals surface area contributed by atoms with Crippen LogP contribution in [0.1, 0.15) is 32.0 Å². The van der Waals surface area contributed by atoms with Gasteiger partial charge in [-0.15, -0.1) is 12.4 Å². The normalized spacial score (nSPS) is 13.1. The average Bonchev–Trinajstić information content (AvgIpc) is 2.66. The molecule has 19 heavy (non-hydrogen) atoms. The van der Waals surface area contributed by atoms with Crippen molar-refractivity contribution in [2.24, 2.45) is 12.8 Å². The second kappa shape index (κ2) is 7.84. The molecule has 0 aliphatic carbocycles. The Morgan fingerprint density at radius 3 is 2.58 bits per heavy atom. The first-order valence-electron chi connectivity index (χ1n) is 6.13. The molecule has 0 radical (unpaired) electrons. The lowest BCUT2D eigenvalue weighted by atomic mass is 10.1. The highest BCUT2D eigenvalue weighted by atomic mass is 35.5. The van der Waals surface area contributed by atoms with Gasteiger partial charge in [0, 0.05) is 25.8 Å². The van der Waals surface area contributed by atoms with Gasteiger partial charge in [0.05, 0.1) is 0 Å². The van der Waals surface area contributed by atoms with Crippen LogP contribution < -0.4 is 10.5 Å². The third kappa shape index (κ3) is 5.10. The number of rotatable bonds is 7. The van der Waals surface area contributed by atoms with Crippen molar-refractivity contribution in [3.8, 4) is 0 Å². The summed E-state index contributed by atoms with van der Waals surface area (Å²) in [5.41, 5.74) is 5.58. The molecule has 3 N–H and O–H groups in total. The monoisotopic (exact) mass is 310 g/mol. The molecule has 0 fully saturated rings. The minimum Gasteiger partial charge on any atom is -0.337 e. The SMILES string of the molecule is CCCCC(CN)NS(=O)(=O)c1cn(C)c(C)n1.Cl. The lowest BCUT2D eigenvalue weighted by Crippen LogP contribution is -2.40. The summed E-state index contributed by atoms with van der Waals surface area (Å²) in [5, 5.41) is 0.0532. The Bertz CT molecular complexity index is 467. The van der Waals surface area contributed by atoms with Gasteiger partial charge in [0.2, 0.25) is 0 Å². The van der Waals surface area contributed by atoms with Crippen LogP contribution in [0, 0.1) is 6.92 Å². The summed E-state index contributed by atoms with van der Waals surface area (Å²) in [7, 11) is -1.80. The number of unbranched alkanes of at least 4 members (excludes halogenated alkanes) is 1. The van der Waals surface area contributed by atoms with E-state index in [0.717, 1.165) is 19.3 Å². The maximum atomic E-state index is 12.1. The number of halogens is 1. The van der Waals surface area contributed by atoms with Gasteiger partial charge in [-0.25, -0.2) is 18.1 Å². The number of nitrogens with zero attached hydrogens (tertiary/aromatic N) is 2. The van der Waals surface area contributed by atoms with E-state index in [1.54, 1.807) is 18.5 Å². The number of hydrogen-bond donors (Lipinski definition) is 2. The molecule has 0 saturated heterocycles. The van der Waals surface area contributed by atoms with E-state index in [1.807, 2.05) is 0 Å². The van der Waals surface area contributed by atoms with Crippen molar-refractivity contribution in [1.82, 2.24) is 14.3 Å². The van der Waals surface area contributed by atoms with Crippen LogP contribution in [0.25, 0.3) is 0 Å². The van der Waals surface area contributed by atoms with Crippen molar-refractivity contribution in [2.45, 2.75) is 44.2 Å². The van der Waals surface area contributed by atoms with E-state index in [1.165, 1.54) is 6.20 Å². The molecule has 0 aromatic carbocycles. The molecule has 6 nitrogen and oxygen atoms in total. The molecule has 0 saturated carbocycles. The van der Waals surface area contributed by atoms with Crippen LogP contribution >= 0.6 is 12.4 Å². The number of aromatic nitrogens is 2. The van der Waals surface area contributed by atoms with Gasteiger partial charge >= 0.3 is 0 Å². The van der Waals surface area contributed by atoms with E-state index in [4.69, 9.17) is 5.73 Å².